The standard InChI is InChI=1S/C22H32ClN5S.HI/c1-3-19-15-26-21(29-19)8-11-25-22(24-2)27-14-17-9-12-28(13-10-17)16-18-6-4-5-7-20(18)23;/h4-7,15,17H,3,8-14,16H2,1-2H3,(H2,24,25,27);1H. The van der Waals surface area contributed by atoms with Gasteiger partial charge in [0, 0.05) is 49.2 Å². The van der Waals surface area contributed by atoms with Gasteiger partial charge in [0.1, 0.15) is 0 Å². The molecule has 1 saturated heterocycles. The first-order chi connectivity index (χ1) is 14.2. The van der Waals surface area contributed by atoms with Crippen LogP contribution in [0.4, 0.5) is 0 Å². The maximum absolute atomic E-state index is 6.30. The topological polar surface area (TPSA) is 52.6 Å². The van der Waals surface area contributed by atoms with Crippen LogP contribution in [0.1, 0.15) is 35.2 Å². The Labute approximate surface area is 206 Å². The van der Waals surface area contributed by atoms with Gasteiger partial charge in [-0.05, 0) is 49.9 Å². The highest BCUT2D eigenvalue weighted by molar-refractivity contribution is 14.0. The van der Waals surface area contributed by atoms with Gasteiger partial charge in [-0.3, -0.25) is 9.89 Å². The highest BCUT2D eigenvalue weighted by Crippen LogP contribution is 2.22. The number of guanidine groups is 1. The van der Waals surface area contributed by atoms with Crippen LogP contribution in [-0.2, 0) is 19.4 Å². The fourth-order valence-electron chi connectivity index (χ4n) is 3.59. The Kier molecular flexibility index (Phi) is 11.4. The molecule has 0 atom stereocenters. The number of aromatic nitrogens is 1. The number of halogens is 2. The van der Waals surface area contributed by atoms with E-state index in [2.05, 4.69) is 44.6 Å². The molecule has 0 radical (unpaired) electrons. The molecule has 0 aliphatic carbocycles. The fourth-order valence-corrected chi connectivity index (χ4v) is 4.65. The van der Waals surface area contributed by atoms with E-state index in [1.54, 1.807) is 11.3 Å². The maximum Gasteiger partial charge on any atom is 0.190 e. The molecule has 0 amide bonds. The molecule has 1 aliphatic rings. The van der Waals surface area contributed by atoms with Gasteiger partial charge < -0.3 is 10.6 Å². The summed E-state index contributed by atoms with van der Waals surface area (Å²) in [6.07, 6.45) is 6.39. The quantitative estimate of drug-likeness (QED) is 0.281. The maximum atomic E-state index is 6.30. The van der Waals surface area contributed by atoms with E-state index in [4.69, 9.17) is 11.6 Å². The molecule has 2 aromatic rings. The minimum absolute atomic E-state index is 0. The lowest BCUT2D eigenvalue weighted by Gasteiger charge is -2.32. The zero-order valence-corrected chi connectivity index (χ0v) is 21.8. The molecule has 1 fully saturated rings. The number of aryl methyl sites for hydroxylation is 1. The number of piperidine rings is 1. The molecule has 2 N–H and O–H groups in total. The third kappa shape index (κ3) is 7.98. The van der Waals surface area contributed by atoms with Gasteiger partial charge >= 0.3 is 0 Å². The summed E-state index contributed by atoms with van der Waals surface area (Å²) in [5.41, 5.74) is 1.22. The van der Waals surface area contributed by atoms with Crippen molar-refractivity contribution in [1.82, 2.24) is 20.5 Å². The minimum Gasteiger partial charge on any atom is -0.356 e. The van der Waals surface area contributed by atoms with Crippen molar-refractivity contribution in [1.29, 1.82) is 0 Å². The number of nitrogens with zero attached hydrogens (tertiary/aromatic N) is 3. The van der Waals surface area contributed by atoms with Crippen LogP contribution in [0.2, 0.25) is 5.02 Å². The second kappa shape index (κ2) is 13.5. The summed E-state index contributed by atoms with van der Waals surface area (Å²) in [7, 11) is 1.83. The molecule has 166 valence electrons. The third-order valence-corrected chi connectivity index (χ3v) is 6.99. The van der Waals surface area contributed by atoms with Gasteiger partial charge in [0.2, 0.25) is 0 Å². The van der Waals surface area contributed by atoms with E-state index in [1.807, 2.05) is 25.4 Å². The first-order valence-electron chi connectivity index (χ1n) is 10.5. The number of thiazole rings is 1. The van der Waals surface area contributed by atoms with Crippen LogP contribution >= 0.6 is 46.9 Å². The molecular weight excluding hydrogens is 529 g/mol. The van der Waals surface area contributed by atoms with Crippen molar-refractivity contribution in [3.63, 3.8) is 0 Å². The van der Waals surface area contributed by atoms with Crippen molar-refractivity contribution in [3.05, 3.63) is 50.9 Å². The van der Waals surface area contributed by atoms with Crippen molar-refractivity contribution in [2.75, 3.05) is 33.2 Å². The van der Waals surface area contributed by atoms with Crippen molar-refractivity contribution in [3.8, 4) is 0 Å². The van der Waals surface area contributed by atoms with E-state index >= 15 is 0 Å². The molecule has 0 unspecified atom stereocenters. The van der Waals surface area contributed by atoms with Crippen LogP contribution in [0.15, 0.2) is 35.5 Å². The van der Waals surface area contributed by atoms with Crippen LogP contribution in [-0.4, -0.2) is 49.1 Å². The van der Waals surface area contributed by atoms with E-state index in [1.165, 1.54) is 28.3 Å². The second-order valence-electron chi connectivity index (χ2n) is 7.51. The Morgan fingerprint density at radius 1 is 1.27 bits per heavy atom. The number of likely N-dealkylation sites (tertiary alicyclic amines) is 1. The molecule has 3 rings (SSSR count). The molecule has 0 bridgehead atoms. The lowest BCUT2D eigenvalue weighted by atomic mass is 9.96. The third-order valence-electron chi connectivity index (χ3n) is 5.42. The number of benzene rings is 1. The summed E-state index contributed by atoms with van der Waals surface area (Å²) in [6, 6.07) is 8.15. The van der Waals surface area contributed by atoms with E-state index in [0.29, 0.717) is 5.92 Å². The molecule has 8 heteroatoms. The first kappa shape index (κ1) is 25.4. The lowest BCUT2D eigenvalue weighted by molar-refractivity contribution is 0.178. The summed E-state index contributed by atoms with van der Waals surface area (Å²) >= 11 is 8.11. The summed E-state index contributed by atoms with van der Waals surface area (Å²) < 4.78 is 0. The van der Waals surface area contributed by atoms with Crippen molar-refractivity contribution >= 4 is 52.9 Å². The number of rotatable bonds is 8. The largest absolute Gasteiger partial charge is 0.356 e. The van der Waals surface area contributed by atoms with E-state index in [0.717, 1.165) is 56.5 Å². The Hall–Kier alpha value is -0.900. The average molecular weight is 562 g/mol. The van der Waals surface area contributed by atoms with Gasteiger partial charge in [0.05, 0.1) is 5.01 Å². The second-order valence-corrected chi connectivity index (χ2v) is 9.12. The number of aliphatic imine (C=N–C) groups is 1. The zero-order chi connectivity index (χ0) is 20.5. The summed E-state index contributed by atoms with van der Waals surface area (Å²) in [5, 5.41) is 8.97. The van der Waals surface area contributed by atoms with Crippen molar-refractivity contribution in [2.45, 2.75) is 39.2 Å². The van der Waals surface area contributed by atoms with Crippen LogP contribution in [0.3, 0.4) is 0 Å². The molecular formula is C22H33ClIN5S. The monoisotopic (exact) mass is 561 g/mol. The molecule has 1 aromatic heterocycles. The molecule has 2 heterocycles. The van der Waals surface area contributed by atoms with Crippen LogP contribution < -0.4 is 10.6 Å². The van der Waals surface area contributed by atoms with Gasteiger partial charge in [0.25, 0.3) is 0 Å². The van der Waals surface area contributed by atoms with Crippen molar-refractivity contribution < 1.29 is 0 Å². The summed E-state index contributed by atoms with van der Waals surface area (Å²) in [4.78, 5) is 12.7. The van der Waals surface area contributed by atoms with E-state index in [9.17, 15) is 0 Å². The van der Waals surface area contributed by atoms with Crippen LogP contribution in [0.5, 0.6) is 0 Å². The van der Waals surface area contributed by atoms with Gasteiger partial charge in [-0.2, -0.15) is 0 Å². The molecule has 30 heavy (non-hydrogen) atoms. The number of hydrogen-bond acceptors (Lipinski definition) is 4. The van der Waals surface area contributed by atoms with Gasteiger partial charge in [-0.1, -0.05) is 36.7 Å². The molecule has 5 nitrogen and oxygen atoms in total. The fraction of sp³-hybridized carbons (Fsp3) is 0.545. The number of nitrogens with one attached hydrogen (secondary N) is 2. The van der Waals surface area contributed by atoms with Gasteiger partial charge in [-0.25, -0.2) is 4.98 Å². The minimum atomic E-state index is 0. The molecule has 0 spiro atoms. The predicted octanol–water partition coefficient (Wildman–Crippen LogP) is 4.60. The molecule has 1 aromatic carbocycles. The predicted molar refractivity (Wildman–Crippen MR) is 139 cm³/mol. The normalized spacial score (nSPS) is 15.6. The van der Waals surface area contributed by atoms with Crippen molar-refractivity contribution in [2.24, 2.45) is 10.9 Å². The highest BCUT2D eigenvalue weighted by atomic mass is 127. The van der Waals surface area contributed by atoms with E-state index < -0.39 is 0 Å². The SMILES string of the molecule is CCc1cnc(CCNC(=NC)NCC2CCN(Cc3ccccc3Cl)CC2)s1.I. The Morgan fingerprint density at radius 3 is 2.70 bits per heavy atom. The Balaban J connectivity index is 0.00000320. The Bertz CT molecular complexity index is 789. The van der Waals surface area contributed by atoms with E-state index in [-0.39, 0.29) is 24.0 Å². The molecule has 1 aliphatic heterocycles. The van der Waals surface area contributed by atoms with Crippen LogP contribution in [0.25, 0.3) is 0 Å². The molecule has 0 saturated carbocycles. The summed E-state index contributed by atoms with van der Waals surface area (Å²) in [5.74, 6) is 1.57. The average Bonchev–Trinajstić information content (AvgIpc) is 3.21. The lowest BCUT2D eigenvalue weighted by Crippen LogP contribution is -2.43. The van der Waals surface area contributed by atoms with Gasteiger partial charge in [-0.15, -0.1) is 35.3 Å². The zero-order valence-electron chi connectivity index (χ0n) is 17.9. The Morgan fingerprint density at radius 2 is 2.03 bits per heavy atom. The highest BCUT2D eigenvalue weighted by Gasteiger charge is 2.20. The first-order valence-corrected chi connectivity index (χ1v) is 11.7. The smallest absolute Gasteiger partial charge is 0.190 e. The summed E-state index contributed by atoms with van der Waals surface area (Å²) in [6.45, 7) is 7.17. The van der Waals surface area contributed by atoms with Gasteiger partial charge in [0.15, 0.2) is 5.96 Å². The van der Waals surface area contributed by atoms with Crippen LogP contribution in [0, 0.1) is 5.92 Å². The number of hydrogen-bond donors (Lipinski definition) is 2.